The fourth-order valence-corrected chi connectivity index (χ4v) is 3.33. The van der Waals surface area contributed by atoms with Crippen LogP contribution in [0.5, 0.6) is 0 Å². The van der Waals surface area contributed by atoms with Gasteiger partial charge in [-0.25, -0.2) is 4.39 Å². The van der Waals surface area contributed by atoms with Crippen LogP contribution in [-0.4, -0.2) is 43.0 Å². The smallest absolute Gasteiger partial charge is 0.241 e. The molecule has 2 aromatic carbocycles. The van der Waals surface area contributed by atoms with Crippen molar-refractivity contribution in [2.75, 3.05) is 36.4 Å². The van der Waals surface area contributed by atoms with E-state index in [1.54, 1.807) is 12.1 Å². The Morgan fingerprint density at radius 1 is 1.12 bits per heavy atom. The van der Waals surface area contributed by atoms with Crippen LogP contribution in [0.3, 0.4) is 0 Å². The number of benzene rings is 2. The summed E-state index contributed by atoms with van der Waals surface area (Å²) in [6.07, 6.45) is 0. The van der Waals surface area contributed by atoms with E-state index in [4.69, 9.17) is 0 Å². The fourth-order valence-electron chi connectivity index (χ4n) is 3.00. The molecule has 3 rings (SSSR count). The molecule has 132 valence electrons. The van der Waals surface area contributed by atoms with Crippen molar-refractivity contribution in [1.29, 1.82) is 0 Å². The molecule has 0 saturated carbocycles. The van der Waals surface area contributed by atoms with Gasteiger partial charge in [0.15, 0.2) is 0 Å². The topological polar surface area (TPSA) is 35.6 Å². The molecule has 25 heavy (non-hydrogen) atoms. The number of para-hydroxylation sites is 1. The van der Waals surface area contributed by atoms with Crippen LogP contribution in [0.4, 0.5) is 15.8 Å². The Morgan fingerprint density at radius 3 is 2.44 bits per heavy atom. The Balaban J connectivity index is 1.56. The zero-order valence-electron chi connectivity index (χ0n) is 14.1. The van der Waals surface area contributed by atoms with Crippen LogP contribution >= 0.6 is 15.9 Å². The third-order valence-corrected chi connectivity index (χ3v) is 5.05. The summed E-state index contributed by atoms with van der Waals surface area (Å²) in [5.41, 5.74) is 1.42. The summed E-state index contributed by atoms with van der Waals surface area (Å²) in [7, 11) is 0. The Labute approximate surface area is 155 Å². The molecule has 0 aromatic heterocycles. The van der Waals surface area contributed by atoms with Crippen molar-refractivity contribution >= 4 is 33.2 Å². The monoisotopic (exact) mass is 405 g/mol. The summed E-state index contributed by atoms with van der Waals surface area (Å²) in [5, 5.41) is 2.69. The van der Waals surface area contributed by atoms with E-state index in [0.29, 0.717) is 4.47 Å². The van der Waals surface area contributed by atoms with Crippen LogP contribution in [0.2, 0.25) is 0 Å². The summed E-state index contributed by atoms with van der Waals surface area (Å²) in [6, 6.07) is 14.6. The van der Waals surface area contributed by atoms with Gasteiger partial charge in [0.2, 0.25) is 5.91 Å². The van der Waals surface area contributed by atoms with Crippen molar-refractivity contribution in [2.24, 2.45) is 0 Å². The zero-order valence-corrected chi connectivity index (χ0v) is 15.7. The largest absolute Gasteiger partial charge is 0.369 e. The molecule has 1 saturated heterocycles. The molecule has 0 aliphatic carbocycles. The number of hydrogen-bond donors (Lipinski definition) is 1. The van der Waals surface area contributed by atoms with Gasteiger partial charge in [0, 0.05) is 36.3 Å². The first-order valence-electron chi connectivity index (χ1n) is 8.34. The van der Waals surface area contributed by atoms with Gasteiger partial charge in [-0.1, -0.05) is 34.1 Å². The number of carbonyl (C=O) groups is 1. The number of rotatable bonds is 4. The van der Waals surface area contributed by atoms with Gasteiger partial charge in [-0.3, -0.25) is 9.69 Å². The summed E-state index contributed by atoms with van der Waals surface area (Å²) >= 11 is 3.21. The maximum Gasteiger partial charge on any atom is 0.241 e. The molecule has 0 unspecified atom stereocenters. The molecule has 1 aliphatic heterocycles. The van der Waals surface area contributed by atoms with Crippen molar-refractivity contribution in [3.05, 3.63) is 58.8 Å². The fraction of sp³-hybridized carbons (Fsp3) is 0.316. The molecule has 1 aliphatic rings. The van der Waals surface area contributed by atoms with Crippen LogP contribution in [0.15, 0.2) is 53.0 Å². The standard InChI is InChI=1S/C19H21BrFN3O/c1-14(19(25)22-18-8-7-15(20)13-17(18)21)23-9-11-24(12-10-23)16-5-3-2-4-6-16/h2-8,13-14H,9-12H2,1H3,(H,22,25)/t14-/m1/s1. The number of halogens is 2. The van der Waals surface area contributed by atoms with Crippen LogP contribution in [-0.2, 0) is 4.79 Å². The molecular weight excluding hydrogens is 385 g/mol. The summed E-state index contributed by atoms with van der Waals surface area (Å²) in [4.78, 5) is 16.9. The highest BCUT2D eigenvalue weighted by Gasteiger charge is 2.26. The quantitative estimate of drug-likeness (QED) is 0.841. The van der Waals surface area contributed by atoms with Crippen molar-refractivity contribution in [3.8, 4) is 0 Å². The molecule has 0 radical (unpaired) electrons. The second-order valence-electron chi connectivity index (χ2n) is 6.15. The highest BCUT2D eigenvalue weighted by atomic mass is 79.9. The lowest BCUT2D eigenvalue weighted by Gasteiger charge is -2.38. The molecule has 0 bridgehead atoms. The number of nitrogens with zero attached hydrogens (tertiary/aromatic N) is 2. The van der Waals surface area contributed by atoms with Gasteiger partial charge in [0.1, 0.15) is 5.82 Å². The first-order chi connectivity index (χ1) is 12.0. The van der Waals surface area contributed by atoms with E-state index >= 15 is 0 Å². The maximum atomic E-state index is 13.9. The van der Waals surface area contributed by atoms with Crippen molar-refractivity contribution in [1.82, 2.24) is 4.90 Å². The lowest BCUT2D eigenvalue weighted by atomic mass is 10.2. The molecule has 1 heterocycles. The Bertz CT molecular complexity index is 733. The Kier molecular flexibility index (Phi) is 5.71. The third-order valence-electron chi connectivity index (χ3n) is 4.55. The van der Waals surface area contributed by atoms with Gasteiger partial charge in [-0.05, 0) is 37.3 Å². The minimum absolute atomic E-state index is 0.186. The van der Waals surface area contributed by atoms with E-state index in [2.05, 4.69) is 43.2 Å². The molecule has 6 heteroatoms. The van der Waals surface area contributed by atoms with Crippen LogP contribution in [0.25, 0.3) is 0 Å². The molecule has 1 N–H and O–H groups in total. The molecule has 1 fully saturated rings. The lowest BCUT2D eigenvalue weighted by Crippen LogP contribution is -2.52. The van der Waals surface area contributed by atoms with Gasteiger partial charge < -0.3 is 10.2 Å². The zero-order chi connectivity index (χ0) is 17.8. The molecule has 0 spiro atoms. The third kappa shape index (κ3) is 4.38. The van der Waals surface area contributed by atoms with E-state index in [9.17, 15) is 9.18 Å². The molecule has 1 amide bonds. The Hall–Kier alpha value is -1.92. The van der Waals surface area contributed by atoms with E-state index in [0.717, 1.165) is 26.2 Å². The number of amides is 1. The second-order valence-corrected chi connectivity index (χ2v) is 7.06. The lowest BCUT2D eigenvalue weighted by molar-refractivity contribution is -0.120. The molecule has 1 atom stereocenters. The highest BCUT2D eigenvalue weighted by molar-refractivity contribution is 9.10. The average Bonchev–Trinajstić information content (AvgIpc) is 2.64. The van der Waals surface area contributed by atoms with Crippen molar-refractivity contribution in [3.63, 3.8) is 0 Å². The van der Waals surface area contributed by atoms with Gasteiger partial charge in [0.25, 0.3) is 0 Å². The number of nitrogens with one attached hydrogen (secondary N) is 1. The summed E-state index contributed by atoms with van der Waals surface area (Å²) in [5.74, 6) is -0.627. The van der Waals surface area contributed by atoms with E-state index < -0.39 is 5.82 Å². The predicted molar refractivity (Wildman–Crippen MR) is 102 cm³/mol. The average molecular weight is 406 g/mol. The number of piperazine rings is 1. The van der Waals surface area contributed by atoms with Crippen LogP contribution in [0.1, 0.15) is 6.92 Å². The molecule has 4 nitrogen and oxygen atoms in total. The van der Waals surface area contributed by atoms with Crippen LogP contribution in [0, 0.1) is 5.82 Å². The first-order valence-corrected chi connectivity index (χ1v) is 9.14. The van der Waals surface area contributed by atoms with E-state index in [1.807, 2.05) is 25.1 Å². The Morgan fingerprint density at radius 2 is 1.80 bits per heavy atom. The SMILES string of the molecule is C[C@H](C(=O)Nc1ccc(Br)cc1F)N1CCN(c2ccccc2)CC1. The first kappa shape index (κ1) is 17.9. The number of hydrogen-bond acceptors (Lipinski definition) is 3. The van der Waals surface area contributed by atoms with E-state index in [-0.39, 0.29) is 17.6 Å². The second kappa shape index (κ2) is 7.97. The highest BCUT2D eigenvalue weighted by Crippen LogP contribution is 2.21. The van der Waals surface area contributed by atoms with Gasteiger partial charge >= 0.3 is 0 Å². The molecule has 2 aromatic rings. The summed E-state index contributed by atoms with van der Waals surface area (Å²) < 4.78 is 14.5. The van der Waals surface area contributed by atoms with Crippen LogP contribution < -0.4 is 10.2 Å². The van der Waals surface area contributed by atoms with Gasteiger partial charge in [-0.2, -0.15) is 0 Å². The van der Waals surface area contributed by atoms with Gasteiger partial charge in [0.05, 0.1) is 11.7 Å². The number of carbonyl (C=O) groups excluding carboxylic acids is 1. The maximum absolute atomic E-state index is 13.9. The van der Waals surface area contributed by atoms with Crippen molar-refractivity contribution < 1.29 is 9.18 Å². The minimum Gasteiger partial charge on any atom is -0.369 e. The van der Waals surface area contributed by atoms with Gasteiger partial charge in [-0.15, -0.1) is 0 Å². The summed E-state index contributed by atoms with van der Waals surface area (Å²) in [6.45, 7) is 5.20. The number of anilines is 2. The van der Waals surface area contributed by atoms with E-state index in [1.165, 1.54) is 11.8 Å². The normalized spacial score (nSPS) is 16.5. The molecular formula is C19H21BrFN3O. The van der Waals surface area contributed by atoms with Crippen molar-refractivity contribution in [2.45, 2.75) is 13.0 Å². The minimum atomic E-state index is -0.441. The predicted octanol–water partition coefficient (Wildman–Crippen LogP) is 3.74.